The first-order valence-corrected chi connectivity index (χ1v) is 7.28. The van der Waals surface area contributed by atoms with Crippen molar-refractivity contribution in [2.24, 2.45) is 0 Å². The van der Waals surface area contributed by atoms with Gasteiger partial charge in [0, 0.05) is 11.6 Å². The summed E-state index contributed by atoms with van der Waals surface area (Å²) in [6, 6.07) is 13.1. The first-order valence-electron chi connectivity index (χ1n) is 7.28. The van der Waals surface area contributed by atoms with Gasteiger partial charge in [0.2, 0.25) is 5.91 Å². The number of benzene rings is 2. The van der Waals surface area contributed by atoms with Crippen LogP contribution < -0.4 is 5.32 Å². The van der Waals surface area contributed by atoms with E-state index in [1.54, 1.807) is 12.1 Å². The van der Waals surface area contributed by atoms with E-state index < -0.39 is 11.4 Å². The van der Waals surface area contributed by atoms with E-state index in [-0.39, 0.29) is 17.4 Å². The number of amides is 1. The highest BCUT2D eigenvalue weighted by Gasteiger charge is 2.65. The van der Waals surface area contributed by atoms with E-state index in [2.05, 4.69) is 17.4 Å². The van der Waals surface area contributed by atoms with Gasteiger partial charge in [-0.2, -0.15) is 0 Å². The summed E-state index contributed by atoms with van der Waals surface area (Å²) in [5, 5.41) is 12.1. The standard InChI is InChI=1S/C18H15NO3/c1-10-2-4-11(5-3-10)14-9-18(14)13-8-12(16(20)21)6-7-15(13)19-17(18)22/h2-8,14H,9H2,1H3,(H,19,22)(H,20,21)/t14-,18-/m0/s1. The second kappa shape index (κ2) is 4.19. The van der Waals surface area contributed by atoms with Gasteiger partial charge in [-0.3, -0.25) is 4.79 Å². The molecule has 4 nitrogen and oxygen atoms in total. The van der Waals surface area contributed by atoms with Crippen LogP contribution in [-0.2, 0) is 10.2 Å². The van der Waals surface area contributed by atoms with Gasteiger partial charge in [0.05, 0.1) is 11.0 Å². The van der Waals surface area contributed by atoms with Crippen molar-refractivity contribution in [1.82, 2.24) is 0 Å². The predicted molar refractivity (Wildman–Crippen MR) is 82.2 cm³/mol. The molecule has 2 aromatic rings. The Morgan fingerprint density at radius 2 is 1.95 bits per heavy atom. The maximum Gasteiger partial charge on any atom is 0.335 e. The fourth-order valence-corrected chi connectivity index (χ4v) is 3.52. The number of fused-ring (bicyclic) bond motifs is 2. The third-order valence-electron chi connectivity index (χ3n) is 4.84. The van der Waals surface area contributed by atoms with Crippen molar-refractivity contribution < 1.29 is 14.7 Å². The summed E-state index contributed by atoms with van der Waals surface area (Å²) in [6.07, 6.45) is 0.734. The molecule has 2 atom stereocenters. The molecule has 0 radical (unpaired) electrons. The minimum Gasteiger partial charge on any atom is -0.478 e. The Balaban J connectivity index is 1.79. The molecule has 1 spiro atoms. The number of carbonyl (C=O) groups is 2. The zero-order valence-corrected chi connectivity index (χ0v) is 12.1. The van der Waals surface area contributed by atoms with E-state index in [0.717, 1.165) is 23.2 Å². The SMILES string of the molecule is Cc1ccc([C@@H]2C[C@@]23C(=O)Nc2ccc(C(=O)O)cc23)cc1. The van der Waals surface area contributed by atoms with Gasteiger partial charge in [0.1, 0.15) is 0 Å². The van der Waals surface area contributed by atoms with E-state index >= 15 is 0 Å². The van der Waals surface area contributed by atoms with E-state index in [0.29, 0.717) is 0 Å². The number of anilines is 1. The Bertz CT molecular complexity index is 810. The molecule has 2 aliphatic rings. The van der Waals surface area contributed by atoms with Crippen LogP contribution in [0.4, 0.5) is 5.69 Å². The zero-order valence-electron chi connectivity index (χ0n) is 12.1. The topological polar surface area (TPSA) is 66.4 Å². The average molecular weight is 293 g/mol. The van der Waals surface area contributed by atoms with Gasteiger partial charge >= 0.3 is 5.97 Å². The quantitative estimate of drug-likeness (QED) is 0.894. The summed E-state index contributed by atoms with van der Waals surface area (Å²) < 4.78 is 0. The van der Waals surface area contributed by atoms with Crippen LogP contribution in [0.25, 0.3) is 0 Å². The smallest absolute Gasteiger partial charge is 0.335 e. The third kappa shape index (κ3) is 1.64. The number of carboxylic acids is 1. The van der Waals surface area contributed by atoms with E-state index in [9.17, 15) is 14.7 Å². The van der Waals surface area contributed by atoms with E-state index in [4.69, 9.17) is 0 Å². The first kappa shape index (κ1) is 13.1. The number of rotatable bonds is 2. The molecule has 0 aromatic heterocycles. The number of nitrogens with one attached hydrogen (secondary N) is 1. The van der Waals surface area contributed by atoms with Gasteiger partial charge in [-0.15, -0.1) is 0 Å². The Morgan fingerprint density at radius 1 is 1.23 bits per heavy atom. The summed E-state index contributed by atoms with van der Waals surface area (Å²) in [6.45, 7) is 2.03. The second-order valence-electron chi connectivity index (χ2n) is 6.16. The van der Waals surface area contributed by atoms with E-state index in [1.165, 1.54) is 11.6 Å². The molecule has 2 aromatic carbocycles. The molecule has 22 heavy (non-hydrogen) atoms. The van der Waals surface area contributed by atoms with Gasteiger partial charge in [0.25, 0.3) is 0 Å². The summed E-state index contributed by atoms with van der Waals surface area (Å²) in [4.78, 5) is 23.7. The molecule has 1 aliphatic heterocycles. The molecule has 1 amide bonds. The van der Waals surface area contributed by atoms with Crippen molar-refractivity contribution in [2.45, 2.75) is 24.7 Å². The molecule has 0 bridgehead atoms. The van der Waals surface area contributed by atoms with Crippen molar-refractivity contribution in [1.29, 1.82) is 0 Å². The number of carbonyl (C=O) groups excluding carboxylic acids is 1. The van der Waals surface area contributed by atoms with Crippen molar-refractivity contribution in [3.05, 3.63) is 64.7 Å². The molecule has 0 saturated heterocycles. The Morgan fingerprint density at radius 3 is 2.64 bits per heavy atom. The molecule has 1 aliphatic carbocycles. The van der Waals surface area contributed by atoms with Crippen LogP contribution in [0, 0.1) is 6.92 Å². The lowest BCUT2D eigenvalue weighted by atomic mass is 9.91. The molecule has 4 heteroatoms. The summed E-state index contributed by atoms with van der Waals surface area (Å²) in [7, 11) is 0. The lowest BCUT2D eigenvalue weighted by molar-refractivity contribution is -0.118. The number of aryl methyl sites for hydroxylation is 1. The Hall–Kier alpha value is -2.62. The maximum absolute atomic E-state index is 12.5. The van der Waals surface area contributed by atoms with Crippen molar-refractivity contribution in [2.75, 3.05) is 5.32 Å². The van der Waals surface area contributed by atoms with Gasteiger partial charge in [0.15, 0.2) is 0 Å². The molecule has 1 saturated carbocycles. The minimum absolute atomic E-state index is 0.0180. The Labute approximate surface area is 127 Å². The van der Waals surface area contributed by atoms with Crippen LogP contribution in [0.3, 0.4) is 0 Å². The molecule has 110 valence electrons. The van der Waals surface area contributed by atoms with Crippen LogP contribution >= 0.6 is 0 Å². The molecule has 1 heterocycles. The van der Waals surface area contributed by atoms with Crippen LogP contribution in [-0.4, -0.2) is 17.0 Å². The van der Waals surface area contributed by atoms with Crippen LogP contribution in [0.15, 0.2) is 42.5 Å². The lowest BCUT2D eigenvalue weighted by Gasteiger charge is -2.09. The van der Waals surface area contributed by atoms with Crippen molar-refractivity contribution in [3.63, 3.8) is 0 Å². The van der Waals surface area contributed by atoms with E-state index in [1.807, 2.05) is 19.1 Å². The molecule has 0 unspecified atom stereocenters. The van der Waals surface area contributed by atoms with Gasteiger partial charge in [-0.1, -0.05) is 29.8 Å². The highest BCUT2D eigenvalue weighted by molar-refractivity contribution is 6.10. The van der Waals surface area contributed by atoms with Crippen LogP contribution in [0.2, 0.25) is 0 Å². The minimum atomic E-state index is -0.968. The van der Waals surface area contributed by atoms with Crippen LogP contribution in [0.5, 0.6) is 0 Å². The summed E-state index contributed by atoms with van der Waals surface area (Å²) in [5.41, 5.74) is 3.52. The molecule has 2 N–H and O–H groups in total. The van der Waals surface area contributed by atoms with Gasteiger partial charge in [-0.05, 0) is 42.7 Å². The fraction of sp³-hybridized carbons (Fsp3) is 0.222. The highest BCUT2D eigenvalue weighted by Crippen LogP contribution is 2.64. The average Bonchev–Trinajstić information content (AvgIpc) is 3.18. The largest absolute Gasteiger partial charge is 0.478 e. The third-order valence-corrected chi connectivity index (χ3v) is 4.84. The lowest BCUT2D eigenvalue weighted by Crippen LogP contribution is -2.21. The second-order valence-corrected chi connectivity index (χ2v) is 6.16. The van der Waals surface area contributed by atoms with Crippen molar-refractivity contribution in [3.8, 4) is 0 Å². The highest BCUT2D eigenvalue weighted by atomic mass is 16.4. The monoisotopic (exact) mass is 293 g/mol. The first-order chi connectivity index (χ1) is 10.5. The Kier molecular flexibility index (Phi) is 2.49. The predicted octanol–water partition coefficient (Wildman–Crippen LogP) is 3.07. The summed E-state index contributed by atoms with van der Waals surface area (Å²) in [5.74, 6) is -0.862. The normalized spacial score (nSPS) is 25.0. The summed E-state index contributed by atoms with van der Waals surface area (Å²) >= 11 is 0. The van der Waals surface area contributed by atoms with Gasteiger partial charge in [-0.25, -0.2) is 4.79 Å². The zero-order chi connectivity index (χ0) is 15.5. The number of hydrogen-bond donors (Lipinski definition) is 2. The van der Waals surface area contributed by atoms with Crippen LogP contribution in [0.1, 0.15) is 39.4 Å². The molecular weight excluding hydrogens is 278 g/mol. The van der Waals surface area contributed by atoms with Crippen molar-refractivity contribution >= 4 is 17.6 Å². The fourth-order valence-electron chi connectivity index (χ4n) is 3.52. The molecule has 4 rings (SSSR count). The number of hydrogen-bond acceptors (Lipinski definition) is 2. The number of aromatic carboxylic acids is 1. The molecule has 1 fully saturated rings. The molecular formula is C18H15NO3. The number of carboxylic acid groups (broad SMARTS) is 1. The maximum atomic E-state index is 12.5. The van der Waals surface area contributed by atoms with Gasteiger partial charge < -0.3 is 10.4 Å².